The first-order valence-corrected chi connectivity index (χ1v) is 12.0. The van der Waals surface area contributed by atoms with Gasteiger partial charge in [-0.1, -0.05) is 48.5 Å². The minimum Gasteiger partial charge on any atom is -0.497 e. The van der Waals surface area contributed by atoms with E-state index in [0.717, 1.165) is 28.0 Å². The number of benzene rings is 3. The van der Waals surface area contributed by atoms with Gasteiger partial charge in [-0.25, -0.2) is 5.01 Å². The molecule has 2 amide bonds. The summed E-state index contributed by atoms with van der Waals surface area (Å²) < 4.78 is 10.4. The molecule has 1 aliphatic heterocycles. The normalized spacial score (nSPS) is 14.6. The smallest absolute Gasteiger partial charge is 0.325 e. The van der Waals surface area contributed by atoms with Crippen LogP contribution in [0.4, 0.5) is 0 Å². The molecular formula is C29H29N3O5. The predicted octanol–water partition coefficient (Wildman–Crippen LogP) is 3.96. The van der Waals surface area contributed by atoms with Crippen molar-refractivity contribution in [3.05, 3.63) is 101 Å². The molecule has 8 nitrogen and oxygen atoms in total. The van der Waals surface area contributed by atoms with Crippen molar-refractivity contribution in [2.75, 3.05) is 20.3 Å². The number of amides is 2. The first-order chi connectivity index (χ1) is 17.9. The Hall–Kier alpha value is -4.46. The molecule has 190 valence electrons. The lowest BCUT2D eigenvalue weighted by molar-refractivity contribution is -0.152. The minimum absolute atomic E-state index is 0.348. The maximum absolute atomic E-state index is 13.1. The summed E-state index contributed by atoms with van der Waals surface area (Å²) in [6.45, 7) is 3.03. The number of nitrogens with zero attached hydrogens (tertiary/aromatic N) is 2. The summed E-state index contributed by atoms with van der Waals surface area (Å²) in [6.07, 6.45) is 0.516. The molecule has 8 heteroatoms. The fourth-order valence-corrected chi connectivity index (χ4v) is 4.03. The standard InChI is InChI=1S/C29H29N3O5/c1-19-9-10-23(15-20(19)2)29(35)30-17-28(34)37-18-27(33)32-26(22-11-13-24(36-3)14-12-22)16-25(31-32)21-7-5-4-6-8-21/h4-15,26H,16-18H2,1-3H3,(H,30,35). The van der Waals surface area contributed by atoms with Crippen LogP contribution in [0.3, 0.4) is 0 Å². The molecular weight excluding hydrogens is 470 g/mol. The van der Waals surface area contributed by atoms with Gasteiger partial charge in [0.25, 0.3) is 11.8 Å². The average molecular weight is 500 g/mol. The topological polar surface area (TPSA) is 97.3 Å². The van der Waals surface area contributed by atoms with Crippen LogP contribution in [-0.4, -0.2) is 48.8 Å². The highest BCUT2D eigenvalue weighted by atomic mass is 16.5. The number of ether oxygens (including phenoxy) is 2. The molecule has 1 unspecified atom stereocenters. The van der Waals surface area contributed by atoms with Gasteiger partial charge < -0.3 is 14.8 Å². The van der Waals surface area contributed by atoms with Gasteiger partial charge in [-0.2, -0.15) is 5.10 Å². The van der Waals surface area contributed by atoms with Crippen LogP contribution in [0.15, 0.2) is 77.9 Å². The van der Waals surface area contributed by atoms with E-state index in [9.17, 15) is 14.4 Å². The number of aryl methyl sites for hydroxylation is 2. The van der Waals surface area contributed by atoms with E-state index in [4.69, 9.17) is 9.47 Å². The van der Waals surface area contributed by atoms with Gasteiger partial charge in [0.05, 0.1) is 18.9 Å². The Morgan fingerprint density at radius 1 is 0.973 bits per heavy atom. The van der Waals surface area contributed by atoms with Crippen molar-refractivity contribution in [1.29, 1.82) is 0 Å². The zero-order valence-electron chi connectivity index (χ0n) is 21.1. The number of hydrazone groups is 1. The third-order valence-electron chi connectivity index (χ3n) is 6.29. The van der Waals surface area contributed by atoms with Crippen LogP contribution < -0.4 is 10.1 Å². The molecule has 37 heavy (non-hydrogen) atoms. The molecule has 3 aromatic rings. The zero-order chi connectivity index (χ0) is 26.4. The molecule has 0 aromatic heterocycles. The van der Waals surface area contributed by atoms with Crippen LogP contribution in [0.5, 0.6) is 5.75 Å². The number of carbonyl (C=O) groups excluding carboxylic acids is 3. The summed E-state index contributed by atoms with van der Waals surface area (Å²) in [7, 11) is 1.59. The summed E-state index contributed by atoms with van der Waals surface area (Å²) >= 11 is 0. The summed E-state index contributed by atoms with van der Waals surface area (Å²) in [5, 5.41) is 8.47. The Labute approximate surface area is 215 Å². The van der Waals surface area contributed by atoms with Crippen molar-refractivity contribution in [2.45, 2.75) is 26.3 Å². The molecule has 0 radical (unpaired) electrons. The van der Waals surface area contributed by atoms with Gasteiger partial charge in [-0.15, -0.1) is 0 Å². The molecule has 0 spiro atoms. The molecule has 0 fully saturated rings. The van der Waals surface area contributed by atoms with Gasteiger partial charge in [0, 0.05) is 12.0 Å². The van der Waals surface area contributed by atoms with Crippen molar-refractivity contribution in [3.63, 3.8) is 0 Å². The van der Waals surface area contributed by atoms with Crippen LogP contribution >= 0.6 is 0 Å². The quantitative estimate of drug-likeness (QED) is 0.473. The van der Waals surface area contributed by atoms with Crippen molar-refractivity contribution >= 4 is 23.5 Å². The molecule has 1 heterocycles. The van der Waals surface area contributed by atoms with Gasteiger partial charge in [0.2, 0.25) is 0 Å². The highest BCUT2D eigenvalue weighted by molar-refractivity contribution is 6.03. The third kappa shape index (κ3) is 6.22. The number of rotatable bonds is 8. The monoisotopic (exact) mass is 499 g/mol. The van der Waals surface area contributed by atoms with Gasteiger partial charge in [-0.05, 0) is 60.4 Å². The van der Waals surface area contributed by atoms with Crippen LogP contribution in [0.25, 0.3) is 0 Å². The molecule has 1 atom stereocenters. The fraction of sp³-hybridized carbons (Fsp3) is 0.241. The second-order valence-corrected chi connectivity index (χ2v) is 8.79. The molecule has 1 N–H and O–H groups in total. The minimum atomic E-state index is -0.710. The van der Waals surface area contributed by atoms with E-state index in [1.807, 2.05) is 74.5 Å². The largest absolute Gasteiger partial charge is 0.497 e. The average Bonchev–Trinajstić information content (AvgIpc) is 3.38. The maximum Gasteiger partial charge on any atom is 0.325 e. The second-order valence-electron chi connectivity index (χ2n) is 8.79. The Morgan fingerprint density at radius 2 is 1.70 bits per heavy atom. The molecule has 4 rings (SSSR count). The van der Waals surface area contributed by atoms with E-state index in [1.54, 1.807) is 19.2 Å². The van der Waals surface area contributed by atoms with Crippen molar-refractivity contribution in [3.8, 4) is 5.75 Å². The van der Waals surface area contributed by atoms with Gasteiger partial charge in [0.15, 0.2) is 6.61 Å². The summed E-state index contributed by atoms with van der Waals surface area (Å²) in [5.74, 6) is -0.846. The fourth-order valence-electron chi connectivity index (χ4n) is 4.03. The molecule has 3 aromatic carbocycles. The second kappa shape index (κ2) is 11.5. The van der Waals surface area contributed by atoms with Crippen LogP contribution in [0.2, 0.25) is 0 Å². The van der Waals surface area contributed by atoms with Crippen LogP contribution in [0, 0.1) is 13.8 Å². The van der Waals surface area contributed by atoms with E-state index >= 15 is 0 Å². The molecule has 0 saturated carbocycles. The highest BCUT2D eigenvalue weighted by Crippen LogP contribution is 2.33. The van der Waals surface area contributed by atoms with Gasteiger partial charge in [0.1, 0.15) is 12.3 Å². The number of methoxy groups -OCH3 is 1. The van der Waals surface area contributed by atoms with E-state index < -0.39 is 18.5 Å². The van der Waals surface area contributed by atoms with E-state index in [1.165, 1.54) is 5.01 Å². The Kier molecular flexibility index (Phi) is 7.98. The SMILES string of the molecule is COc1ccc(C2CC(c3ccccc3)=NN2C(=O)COC(=O)CNC(=O)c2ccc(C)c(C)c2)cc1. The lowest BCUT2D eigenvalue weighted by Gasteiger charge is -2.22. The van der Waals surface area contributed by atoms with Crippen LogP contribution in [0.1, 0.15) is 45.1 Å². The van der Waals surface area contributed by atoms with E-state index in [2.05, 4.69) is 10.4 Å². The van der Waals surface area contributed by atoms with Gasteiger partial charge in [-0.3, -0.25) is 14.4 Å². The predicted molar refractivity (Wildman–Crippen MR) is 139 cm³/mol. The number of carbonyl (C=O) groups is 3. The molecule has 0 aliphatic carbocycles. The Bertz CT molecular complexity index is 1320. The van der Waals surface area contributed by atoms with E-state index in [-0.39, 0.29) is 18.5 Å². The van der Waals surface area contributed by atoms with Crippen LogP contribution in [-0.2, 0) is 14.3 Å². The Balaban J connectivity index is 1.39. The lowest BCUT2D eigenvalue weighted by Crippen LogP contribution is -2.34. The first-order valence-electron chi connectivity index (χ1n) is 12.0. The molecule has 0 bridgehead atoms. The number of esters is 1. The zero-order valence-corrected chi connectivity index (χ0v) is 21.1. The molecule has 1 aliphatic rings. The maximum atomic E-state index is 13.1. The third-order valence-corrected chi connectivity index (χ3v) is 6.29. The van der Waals surface area contributed by atoms with Gasteiger partial charge >= 0.3 is 5.97 Å². The lowest BCUT2D eigenvalue weighted by atomic mass is 9.98. The van der Waals surface area contributed by atoms with Crippen molar-refractivity contribution in [2.24, 2.45) is 5.10 Å². The number of nitrogens with one attached hydrogen (secondary N) is 1. The molecule has 0 saturated heterocycles. The highest BCUT2D eigenvalue weighted by Gasteiger charge is 2.33. The summed E-state index contributed by atoms with van der Waals surface area (Å²) in [4.78, 5) is 37.7. The number of hydrogen-bond acceptors (Lipinski definition) is 6. The number of hydrogen-bond donors (Lipinski definition) is 1. The Morgan fingerprint density at radius 3 is 2.38 bits per heavy atom. The van der Waals surface area contributed by atoms with E-state index in [0.29, 0.717) is 17.7 Å². The van der Waals surface area contributed by atoms with Crippen molar-refractivity contribution in [1.82, 2.24) is 10.3 Å². The first kappa shape index (κ1) is 25.6. The summed E-state index contributed by atoms with van der Waals surface area (Å²) in [5.41, 5.74) is 5.07. The van der Waals surface area contributed by atoms with Crippen molar-refractivity contribution < 1.29 is 23.9 Å². The summed E-state index contributed by atoms with van der Waals surface area (Å²) in [6, 6.07) is 22.0.